The van der Waals surface area contributed by atoms with Gasteiger partial charge in [0.15, 0.2) is 0 Å². The molecule has 84 valence electrons. The van der Waals surface area contributed by atoms with Gasteiger partial charge >= 0.3 is 0 Å². The second-order valence-corrected chi connectivity index (χ2v) is 4.08. The Morgan fingerprint density at radius 3 is 2.53 bits per heavy atom. The van der Waals surface area contributed by atoms with E-state index in [9.17, 15) is 0 Å². The lowest BCUT2D eigenvalue weighted by atomic mass is 10.1. The summed E-state index contributed by atoms with van der Waals surface area (Å²) >= 11 is 0. The molecule has 0 aliphatic rings. The Kier molecular flexibility index (Phi) is 4.09. The van der Waals surface area contributed by atoms with Crippen LogP contribution in [0.3, 0.4) is 0 Å². The Bertz CT molecular complexity index is 307. The number of nitrogens with zero attached hydrogens (tertiary/aromatic N) is 2. The highest BCUT2D eigenvalue weighted by Crippen LogP contribution is 2.23. The largest absolute Gasteiger partial charge is 0.354 e. The van der Waals surface area contributed by atoms with Crippen molar-refractivity contribution >= 4 is 5.82 Å². The molecular weight excluding hydrogens is 186 g/mol. The summed E-state index contributed by atoms with van der Waals surface area (Å²) in [6.45, 7) is 9.43. The fourth-order valence-corrected chi connectivity index (χ4v) is 1.76. The van der Waals surface area contributed by atoms with Crippen LogP contribution in [0.15, 0.2) is 18.3 Å². The molecule has 2 N–H and O–H groups in total. The average Bonchev–Trinajstić information content (AvgIpc) is 2.18. The van der Waals surface area contributed by atoms with Gasteiger partial charge in [-0.2, -0.15) is 0 Å². The molecule has 1 atom stereocenters. The van der Waals surface area contributed by atoms with E-state index in [0.29, 0.717) is 6.04 Å². The zero-order valence-corrected chi connectivity index (χ0v) is 10.1. The van der Waals surface area contributed by atoms with Gasteiger partial charge in [0.2, 0.25) is 0 Å². The second-order valence-electron chi connectivity index (χ2n) is 4.08. The molecule has 0 unspecified atom stereocenters. The molecule has 0 amide bonds. The van der Waals surface area contributed by atoms with E-state index >= 15 is 0 Å². The summed E-state index contributed by atoms with van der Waals surface area (Å²) in [5.41, 5.74) is 7.06. The number of nitrogens with two attached hydrogens (primary N) is 1. The second kappa shape index (κ2) is 5.12. The predicted octanol–water partition coefficient (Wildman–Crippen LogP) is 2.34. The van der Waals surface area contributed by atoms with Crippen LogP contribution in [0, 0.1) is 0 Å². The van der Waals surface area contributed by atoms with Crippen molar-refractivity contribution in [3.05, 3.63) is 23.9 Å². The van der Waals surface area contributed by atoms with E-state index in [-0.39, 0.29) is 6.04 Å². The van der Waals surface area contributed by atoms with Crippen molar-refractivity contribution in [2.75, 3.05) is 11.4 Å². The normalized spacial score (nSPS) is 12.9. The van der Waals surface area contributed by atoms with Crippen LogP contribution in [0.1, 0.15) is 39.3 Å². The maximum Gasteiger partial charge on any atom is 0.133 e. The molecule has 0 radical (unpaired) electrons. The molecule has 0 bridgehead atoms. The Morgan fingerprint density at radius 1 is 1.40 bits per heavy atom. The monoisotopic (exact) mass is 207 g/mol. The van der Waals surface area contributed by atoms with Crippen molar-refractivity contribution in [2.45, 2.75) is 39.8 Å². The molecule has 0 saturated heterocycles. The van der Waals surface area contributed by atoms with Crippen molar-refractivity contribution in [1.82, 2.24) is 4.98 Å². The van der Waals surface area contributed by atoms with Gasteiger partial charge in [0.25, 0.3) is 0 Å². The third kappa shape index (κ3) is 2.69. The number of anilines is 1. The van der Waals surface area contributed by atoms with Crippen LogP contribution in [-0.2, 0) is 0 Å². The smallest absolute Gasteiger partial charge is 0.133 e. The van der Waals surface area contributed by atoms with E-state index < -0.39 is 0 Å². The average molecular weight is 207 g/mol. The maximum atomic E-state index is 5.94. The fourth-order valence-electron chi connectivity index (χ4n) is 1.76. The lowest BCUT2D eigenvalue weighted by Crippen LogP contribution is -2.32. The van der Waals surface area contributed by atoms with Gasteiger partial charge in [-0.15, -0.1) is 0 Å². The Balaban J connectivity index is 3.11. The molecule has 0 saturated carbocycles. The van der Waals surface area contributed by atoms with Crippen LogP contribution in [0.2, 0.25) is 0 Å². The summed E-state index contributed by atoms with van der Waals surface area (Å²) in [5, 5.41) is 0. The first-order chi connectivity index (χ1) is 7.07. The molecule has 1 rings (SSSR count). The van der Waals surface area contributed by atoms with E-state index in [0.717, 1.165) is 17.9 Å². The number of aromatic nitrogens is 1. The molecule has 0 fully saturated rings. The quantitative estimate of drug-likeness (QED) is 0.824. The highest BCUT2D eigenvalue weighted by molar-refractivity contribution is 5.48. The third-order valence-corrected chi connectivity index (χ3v) is 2.54. The third-order valence-electron chi connectivity index (χ3n) is 2.54. The standard InChI is InChI=1S/C12H21N3/c1-5-15(9(2)3)12-11(10(4)13)7-6-8-14-12/h6-10H,5,13H2,1-4H3/t10-/m0/s1. The van der Waals surface area contributed by atoms with Gasteiger partial charge in [-0.25, -0.2) is 4.98 Å². The molecule has 1 aromatic rings. The molecule has 0 aliphatic heterocycles. The first-order valence-corrected chi connectivity index (χ1v) is 5.55. The molecule has 0 aliphatic carbocycles. The van der Waals surface area contributed by atoms with E-state index in [2.05, 4.69) is 36.7 Å². The fraction of sp³-hybridized carbons (Fsp3) is 0.583. The summed E-state index contributed by atoms with van der Waals surface area (Å²) in [5.74, 6) is 1.02. The molecule has 1 aromatic heterocycles. The maximum absolute atomic E-state index is 5.94. The van der Waals surface area contributed by atoms with Crippen LogP contribution >= 0.6 is 0 Å². The summed E-state index contributed by atoms with van der Waals surface area (Å²) in [4.78, 5) is 6.70. The Morgan fingerprint density at radius 2 is 2.07 bits per heavy atom. The van der Waals surface area contributed by atoms with Crippen molar-refractivity contribution in [2.24, 2.45) is 5.73 Å². The van der Waals surface area contributed by atoms with Crippen LogP contribution in [0.5, 0.6) is 0 Å². The van der Waals surface area contributed by atoms with Gasteiger partial charge in [0.05, 0.1) is 0 Å². The van der Waals surface area contributed by atoms with Crippen molar-refractivity contribution in [1.29, 1.82) is 0 Å². The SMILES string of the molecule is CCN(c1ncccc1[C@H](C)N)C(C)C. The molecular formula is C12H21N3. The van der Waals surface area contributed by atoms with E-state index in [1.54, 1.807) is 0 Å². The zero-order valence-electron chi connectivity index (χ0n) is 10.1. The molecule has 0 aromatic carbocycles. The van der Waals surface area contributed by atoms with Crippen molar-refractivity contribution < 1.29 is 0 Å². The topological polar surface area (TPSA) is 42.2 Å². The van der Waals surface area contributed by atoms with Gasteiger partial charge < -0.3 is 10.6 Å². The molecule has 15 heavy (non-hydrogen) atoms. The molecule has 3 nitrogen and oxygen atoms in total. The number of hydrogen-bond donors (Lipinski definition) is 1. The summed E-state index contributed by atoms with van der Waals surface area (Å²) < 4.78 is 0. The van der Waals surface area contributed by atoms with Gasteiger partial charge in [0.1, 0.15) is 5.82 Å². The van der Waals surface area contributed by atoms with Crippen LogP contribution in [0.25, 0.3) is 0 Å². The van der Waals surface area contributed by atoms with E-state index in [4.69, 9.17) is 5.73 Å². The number of pyridine rings is 1. The van der Waals surface area contributed by atoms with E-state index in [1.807, 2.05) is 19.2 Å². The zero-order chi connectivity index (χ0) is 11.4. The van der Waals surface area contributed by atoms with E-state index in [1.165, 1.54) is 0 Å². The van der Waals surface area contributed by atoms with Crippen molar-refractivity contribution in [3.63, 3.8) is 0 Å². The minimum absolute atomic E-state index is 0.0292. The van der Waals surface area contributed by atoms with Gasteiger partial charge in [0, 0.05) is 30.4 Å². The number of rotatable bonds is 4. The minimum Gasteiger partial charge on any atom is -0.354 e. The lowest BCUT2D eigenvalue weighted by molar-refractivity contribution is 0.679. The lowest BCUT2D eigenvalue weighted by Gasteiger charge is -2.29. The summed E-state index contributed by atoms with van der Waals surface area (Å²) in [6.07, 6.45) is 1.83. The predicted molar refractivity (Wildman–Crippen MR) is 65.0 cm³/mol. The highest BCUT2D eigenvalue weighted by Gasteiger charge is 2.15. The van der Waals surface area contributed by atoms with Crippen molar-refractivity contribution in [3.8, 4) is 0 Å². The Labute approximate surface area is 92.3 Å². The summed E-state index contributed by atoms with van der Waals surface area (Å²) in [7, 11) is 0. The first kappa shape index (κ1) is 12.0. The highest BCUT2D eigenvalue weighted by atomic mass is 15.2. The van der Waals surface area contributed by atoms with Gasteiger partial charge in [-0.05, 0) is 33.8 Å². The summed E-state index contributed by atoms with van der Waals surface area (Å²) in [6, 6.07) is 4.47. The first-order valence-electron chi connectivity index (χ1n) is 5.55. The minimum atomic E-state index is 0.0292. The molecule has 0 spiro atoms. The van der Waals surface area contributed by atoms with Gasteiger partial charge in [-0.3, -0.25) is 0 Å². The molecule has 1 heterocycles. The Hall–Kier alpha value is -1.09. The number of hydrogen-bond acceptors (Lipinski definition) is 3. The molecule has 3 heteroatoms. The van der Waals surface area contributed by atoms with Crippen LogP contribution in [0.4, 0.5) is 5.82 Å². The van der Waals surface area contributed by atoms with Crippen LogP contribution in [-0.4, -0.2) is 17.6 Å². The van der Waals surface area contributed by atoms with Crippen LogP contribution < -0.4 is 10.6 Å². The van der Waals surface area contributed by atoms with Gasteiger partial charge in [-0.1, -0.05) is 6.07 Å².